The van der Waals surface area contributed by atoms with Gasteiger partial charge in [-0.3, -0.25) is 0 Å². The maximum absolute atomic E-state index is 6.21. The first-order valence-corrected chi connectivity index (χ1v) is 6.66. The molecule has 0 spiro atoms. The minimum Gasteiger partial charge on any atom is -0.460 e. The van der Waals surface area contributed by atoms with Gasteiger partial charge in [-0.25, -0.2) is 0 Å². The van der Waals surface area contributed by atoms with Gasteiger partial charge in [0.15, 0.2) is 0 Å². The third-order valence-electron chi connectivity index (χ3n) is 4.23. The van der Waals surface area contributed by atoms with E-state index in [1.807, 2.05) is 0 Å². The molecule has 18 heavy (non-hydrogen) atoms. The molecule has 2 aromatic rings. The highest BCUT2D eigenvalue weighted by atomic mass is 16.3. The fourth-order valence-corrected chi connectivity index (χ4v) is 2.86. The highest BCUT2D eigenvalue weighted by Crippen LogP contribution is 2.39. The summed E-state index contributed by atoms with van der Waals surface area (Å²) in [6.45, 7) is 17.6. The van der Waals surface area contributed by atoms with Gasteiger partial charge in [0, 0.05) is 10.8 Å². The molecule has 0 unspecified atom stereocenters. The zero-order valence-corrected chi connectivity index (χ0v) is 12.9. The van der Waals surface area contributed by atoms with Crippen LogP contribution in [0.2, 0.25) is 0 Å². The van der Waals surface area contributed by atoms with Crippen molar-refractivity contribution in [2.45, 2.75) is 60.8 Å². The molecular weight excluding hydrogens is 220 g/mol. The predicted octanol–water partition coefficient (Wildman–Crippen LogP) is 5.27. The minimum absolute atomic E-state index is 0.0593. The lowest BCUT2D eigenvalue weighted by Gasteiger charge is -2.15. The van der Waals surface area contributed by atoms with Gasteiger partial charge in [-0.05, 0) is 62.4 Å². The van der Waals surface area contributed by atoms with Crippen molar-refractivity contribution in [3.63, 3.8) is 0 Å². The van der Waals surface area contributed by atoms with Crippen molar-refractivity contribution in [3.8, 4) is 0 Å². The smallest absolute Gasteiger partial charge is 0.138 e. The quantitative estimate of drug-likeness (QED) is 0.615. The molecule has 0 bridgehead atoms. The fourth-order valence-electron chi connectivity index (χ4n) is 2.86. The van der Waals surface area contributed by atoms with Crippen LogP contribution in [0.25, 0.3) is 11.0 Å². The maximum Gasteiger partial charge on any atom is 0.138 e. The Labute approximate surface area is 110 Å². The first-order chi connectivity index (χ1) is 8.16. The SMILES string of the molecule is Cc1c(C)c(C)c2c(C)c(C(C)(C)C)oc2c1C. The molecule has 0 atom stereocenters. The lowest BCUT2D eigenvalue weighted by molar-refractivity contribution is 0.426. The van der Waals surface area contributed by atoms with Crippen LogP contribution in [0.3, 0.4) is 0 Å². The van der Waals surface area contributed by atoms with Crippen molar-refractivity contribution < 1.29 is 4.42 Å². The van der Waals surface area contributed by atoms with E-state index in [1.54, 1.807) is 0 Å². The summed E-state index contributed by atoms with van der Waals surface area (Å²) in [6, 6.07) is 0. The van der Waals surface area contributed by atoms with E-state index in [0.717, 1.165) is 11.3 Å². The molecule has 0 saturated heterocycles. The van der Waals surface area contributed by atoms with E-state index in [-0.39, 0.29) is 5.41 Å². The number of furan rings is 1. The molecule has 0 aliphatic heterocycles. The van der Waals surface area contributed by atoms with E-state index in [9.17, 15) is 0 Å². The van der Waals surface area contributed by atoms with Gasteiger partial charge in [-0.2, -0.15) is 0 Å². The highest BCUT2D eigenvalue weighted by Gasteiger charge is 2.25. The summed E-state index contributed by atoms with van der Waals surface area (Å²) in [5.74, 6) is 1.12. The Morgan fingerprint density at radius 1 is 0.667 bits per heavy atom. The number of rotatable bonds is 0. The Bertz CT molecular complexity index is 622. The van der Waals surface area contributed by atoms with Crippen LogP contribution < -0.4 is 0 Å². The summed E-state index contributed by atoms with van der Waals surface area (Å²) in [5.41, 5.74) is 7.85. The van der Waals surface area contributed by atoms with Gasteiger partial charge in [0.25, 0.3) is 0 Å². The largest absolute Gasteiger partial charge is 0.460 e. The Kier molecular flexibility index (Phi) is 2.84. The first kappa shape index (κ1) is 13.2. The molecule has 1 aromatic carbocycles. The van der Waals surface area contributed by atoms with Crippen LogP contribution in [0.15, 0.2) is 4.42 Å². The predicted molar refractivity (Wildman–Crippen MR) is 78.6 cm³/mol. The molecule has 0 radical (unpaired) electrons. The van der Waals surface area contributed by atoms with Crippen LogP contribution in [0.1, 0.15) is 54.3 Å². The van der Waals surface area contributed by atoms with E-state index in [2.05, 4.69) is 55.4 Å². The third kappa shape index (κ3) is 1.68. The Balaban J connectivity index is 2.98. The van der Waals surface area contributed by atoms with Crippen molar-refractivity contribution in [1.29, 1.82) is 0 Å². The standard InChI is InChI=1S/C17H24O/c1-9-10(2)12(4)15-14(11(9)3)13(5)16(18-15)17(6,7)8/h1-8H3. The Morgan fingerprint density at radius 2 is 1.17 bits per heavy atom. The lowest BCUT2D eigenvalue weighted by Crippen LogP contribution is -2.11. The fraction of sp³-hybridized carbons (Fsp3) is 0.529. The van der Waals surface area contributed by atoms with Crippen LogP contribution in [-0.2, 0) is 5.41 Å². The van der Waals surface area contributed by atoms with Gasteiger partial charge >= 0.3 is 0 Å². The molecule has 0 saturated carbocycles. The normalized spacial score (nSPS) is 12.4. The van der Waals surface area contributed by atoms with Crippen molar-refractivity contribution >= 4 is 11.0 Å². The summed E-state index contributed by atoms with van der Waals surface area (Å²) < 4.78 is 6.21. The van der Waals surface area contributed by atoms with E-state index in [1.165, 1.54) is 33.2 Å². The number of aryl methyl sites for hydroxylation is 3. The topological polar surface area (TPSA) is 13.1 Å². The van der Waals surface area contributed by atoms with Crippen LogP contribution >= 0.6 is 0 Å². The zero-order chi connectivity index (χ0) is 13.8. The van der Waals surface area contributed by atoms with Crippen LogP contribution in [0, 0.1) is 34.6 Å². The second-order valence-electron chi connectivity index (χ2n) is 6.51. The first-order valence-electron chi connectivity index (χ1n) is 6.66. The van der Waals surface area contributed by atoms with Gasteiger partial charge in [-0.15, -0.1) is 0 Å². The molecule has 0 aliphatic rings. The molecule has 1 nitrogen and oxygen atoms in total. The molecule has 1 aromatic heterocycles. The van der Waals surface area contributed by atoms with Crippen LogP contribution in [0.4, 0.5) is 0 Å². The zero-order valence-electron chi connectivity index (χ0n) is 12.9. The summed E-state index contributed by atoms with van der Waals surface area (Å²) >= 11 is 0. The number of hydrogen-bond donors (Lipinski definition) is 0. The van der Waals surface area contributed by atoms with Gasteiger partial charge in [0.2, 0.25) is 0 Å². The summed E-state index contributed by atoms with van der Waals surface area (Å²) in [4.78, 5) is 0. The lowest BCUT2D eigenvalue weighted by atomic mass is 9.88. The minimum atomic E-state index is 0.0593. The number of fused-ring (bicyclic) bond motifs is 1. The Hall–Kier alpha value is -1.24. The second kappa shape index (κ2) is 3.88. The Morgan fingerprint density at radius 3 is 1.67 bits per heavy atom. The second-order valence-corrected chi connectivity index (χ2v) is 6.51. The van der Waals surface area contributed by atoms with Gasteiger partial charge < -0.3 is 4.42 Å². The van der Waals surface area contributed by atoms with Crippen molar-refractivity contribution in [2.75, 3.05) is 0 Å². The molecular formula is C17H24O. The van der Waals surface area contributed by atoms with Gasteiger partial charge in [0.1, 0.15) is 11.3 Å². The average molecular weight is 244 g/mol. The molecule has 0 N–H and O–H groups in total. The summed E-state index contributed by atoms with van der Waals surface area (Å²) in [6.07, 6.45) is 0. The van der Waals surface area contributed by atoms with Gasteiger partial charge in [0.05, 0.1) is 0 Å². The molecule has 0 amide bonds. The highest BCUT2D eigenvalue weighted by molar-refractivity contribution is 5.90. The van der Waals surface area contributed by atoms with Crippen molar-refractivity contribution in [3.05, 3.63) is 33.6 Å². The summed E-state index contributed by atoms with van der Waals surface area (Å²) in [7, 11) is 0. The average Bonchev–Trinajstić information content (AvgIpc) is 2.61. The molecule has 1 heteroatoms. The number of hydrogen-bond acceptors (Lipinski definition) is 1. The molecule has 1 heterocycles. The molecule has 98 valence electrons. The summed E-state index contributed by atoms with van der Waals surface area (Å²) in [5, 5.41) is 1.32. The van der Waals surface area contributed by atoms with E-state index in [0.29, 0.717) is 0 Å². The van der Waals surface area contributed by atoms with Crippen LogP contribution in [0.5, 0.6) is 0 Å². The van der Waals surface area contributed by atoms with E-state index >= 15 is 0 Å². The third-order valence-corrected chi connectivity index (χ3v) is 4.23. The van der Waals surface area contributed by atoms with Crippen molar-refractivity contribution in [2.24, 2.45) is 0 Å². The monoisotopic (exact) mass is 244 g/mol. The van der Waals surface area contributed by atoms with Crippen LogP contribution in [-0.4, -0.2) is 0 Å². The van der Waals surface area contributed by atoms with Gasteiger partial charge in [-0.1, -0.05) is 20.8 Å². The van der Waals surface area contributed by atoms with E-state index in [4.69, 9.17) is 4.42 Å². The molecule has 0 aliphatic carbocycles. The maximum atomic E-state index is 6.21. The van der Waals surface area contributed by atoms with Crippen molar-refractivity contribution in [1.82, 2.24) is 0 Å². The molecule has 2 rings (SSSR count). The molecule has 0 fully saturated rings. The van der Waals surface area contributed by atoms with E-state index < -0.39 is 0 Å². The number of benzene rings is 1.